The van der Waals surface area contributed by atoms with Crippen molar-refractivity contribution in [1.82, 2.24) is 29.3 Å². The van der Waals surface area contributed by atoms with Crippen LogP contribution in [-0.4, -0.2) is 76.7 Å². The van der Waals surface area contributed by atoms with E-state index in [1.807, 2.05) is 11.8 Å². The van der Waals surface area contributed by atoms with Crippen LogP contribution in [0.15, 0.2) is 40.5 Å². The molecule has 208 valence electrons. The van der Waals surface area contributed by atoms with Gasteiger partial charge in [-0.05, 0) is 31.2 Å². The number of anilines is 1. The van der Waals surface area contributed by atoms with Crippen LogP contribution in [0.4, 0.5) is 14.5 Å². The molecule has 2 aliphatic rings. The maximum absolute atomic E-state index is 13.8. The van der Waals surface area contributed by atoms with Gasteiger partial charge in [-0.15, -0.1) is 5.10 Å². The Kier molecular flexibility index (Phi) is 7.57. The number of benzene rings is 1. The van der Waals surface area contributed by atoms with E-state index in [4.69, 9.17) is 4.74 Å². The average Bonchev–Trinajstić information content (AvgIpc) is 3.64. The minimum atomic E-state index is -3.67. The Hall–Kier alpha value is -3.17. The maximum atomic E-state index is 13.8. The molecule has 0 atom stereocenters. The number of hydrogen-bond donors (Lipinski definition) is 0. The number of ether oxygens (including phenoxy) is 1. The lowest BCUT2D eigenvalue weighted by molar-refractivity contribution is 0.242. The van der Waals surface area contributed by atoms with Crippen LogP contribution in [-0.2, 0) is 15.8 Å². The quantitative estimate of drug-likeness (QED) is 0.349. The summed E-state index contributed by atoms with van der Waals surface area (Å²) in [7, 11) is -3.67. The number of thioether (sulfide) groups is 1. The second-order valence-corrected chi connectivity index (χ2v) is 12.6. The van der Waals surface area contributed by atoms with E-state index in [0.717, 1.165) is 29.7 Å². The normalized spacial score (nSPS) is 17.3. The van der Waals surface area contributed by atoms with Crippen molar-refractivity contribution in [2.75, 3.05) is 43.9 Å². The van der Waals surface area contributed by atoms with Gasteiger partial charge in [0.05, 0.1) is 30.4 Å². The highest BCUT2D eigenvalue weighted by Crippen LogP contribution is 2.45. The van der Waals surface area contributed by atoms with Crippen LogP contribution in [0.1, 0.15) is 25.5 Å². The minimum Gasteiger partial charge on any atom is -0.486 e. The lowest BCUT2D eigenvalue weighted by Crippen LogP contribution is -2.49. The fraction of sp³-hybridized carbons (Fsp3) is 0.458. The van der Waals surface area contributed by atoms with Crippen molar-refractivity contribution < 1.29 is 21.9 Å². The smallest absolute Gasteiger partial charge is 0.316 e. The number of aromatic nitrogens is 5. The van der Waals surface area contributed by atoms with Gasteiger partial charge in [0, 0.05) is 37.7 Å². The fourth-order valence-electron chi connectivity index (χ4n) is 4.20. The second kappa shape index (κ2) is 10.8. The predicted octanol–water partition coefficient (Wildman–Crippen LogP) is 2.25. The summed E-state index contributed by atoms with van der Waals surface area (Å²) in [6.45, 7) is 3.26. The monoisotopic (exact) mass is 579 g/mol. The SMILES string of the molecule is CSc1nncc(CS(=O)(=O)N2CCN(c3cnn(-c4cc(F)cc(F)c4)c(=O)c3OCC3(C)CC3)CC2)n1. The van der Waals surface area contributed by atoms with E-state index in [1.54, 1.807) is 6.26 Å². The molecule has 2 aromatic heterocycles. The lowest BCUT2D eigenvalue weighted by Gasteiger charge is -2.35. The summed E-state index contributed by atoms with van der Waals surface area (Å²) in [6, 6.07) is 2.74. The number of sulfonamides is 1. The highest BCUT2D eigenvalue weighted by Gasteiger charge is 2.39. The highest BCUT2D eigenvalue weighted by molar-refractivity contribution is 7.98. The fourth-order valence-corrected chi connectivity index (χ4v) is 5.95. The number of halogens is 2. The first-order valence-corrected chi connectivity index (χ1v) is 15.1. The summed E-state index contributed by atoms with van der Waals surface area (Å²) in [5.41, 5.74) is -0.0488. The number of hydrogen-bond acceptors (Lipinski definition) is 10. The van der Waals surface area contributed by atoms with E-state index in [0.29, 0.717) is 29.2 Å². The molecule has 3 heterocycles. The molecule has 0 N–H and O–H groups in total. The van der Waals surface area contributed by atoms with Crippen molar-refractivity contribution in [2.24, 2.45) is 5.41 Å². The van der Waals surface area contributed by atoms with Gasteiger partial charge < -0.3 is 9.64 Å². The molecular weight excluding hydrogens is 552 g/mol. The Morgan fingerprint density at radius 3 is 2.41 bits per heavy atom. The summed E-state index contributed by atoms with van der Waals surface area (Å²) in [5.74, 6) is -1.97. The molecule has 0 spiro atoms. The number of rotatable bonds is 9. The molecule has 0 radical (unpaired) electrons. The molecule has 1 aromatic carbocycles. The third-order valence-corrected chi connectivity index (χ3v) is 9.10. The zero-order valence-electron chi connectivity index (χ0n) is 21.4. The van der Waals surface area contributed by atoms with Crippen LogP contribution in [0.2, 0.25) is 0 Å². The molecule has 5 rings (SSSR count). The average molecular weight is 580 g/mol. The molecule has 39 heavy (non-hydrogen) atoms. The van der Waals surface area contributed by atoms with Gasteiger partial charge in [0.15, 0.2) is 0 Å². The summed E-state index contributed by atoms with van der Waals surface area (Å²) in [6.07, 6.45) is 6.46. The van der Waals surface area contributed by atoms with E-state index in [9.17, 15) is 22.0 Å². The highest BCUT2D eigenvalue weighted by atomic mass is 32.2. The van der Waals surface area contributed by atoms with Gasteiger partial charge in [-0.1, -0.05) is 18.7 Å². The number of nitrogens with zero attached hydrogens (tertiary/aromatic N) is 7. The van der Waals surface area contributed by atoms with Crippen molar-refractivity contribution in [3.8, 4) is 11.4 Å². The molecule has 1 saturated heterocycles. The molecule has 11 nitrogen and oxygen atoms in total. The van der Waals surface area contributed by atoms with Gasteiger partial charge in [-0.3, -0.25) is 4.79 Å². The maximum Gasteiger partial charge on any atom is 0.316 e. The third kappa shape index (κ3) is 6.20. The summed E-state index contributed by atoms with van der Waals surface area (Å²) in [4.78, 5) is 19.5. The molecule has 1 aliphatic heterocycles. The minimum absolute atomic E-state index is 0.00996. The van der Waals surface area contributed by atoms with Crippen LogP contribution in [0.5, 0.6) is 5.75 Å². The third-order valence-electron chi connectivity index (χ3n) is 6.75. The molecule has 0 bridgehead atoms. The predicted molar refractivity (Wildman–Crippen MR) is 141 cm³/mol. The van der Waals surface area contributed by atoms with E-state index in [1.165, 1.54) is 28.5 Å². The molecule has 2 fully saturated rings. The summed E-state index contributed by atoms with van der Waals surface area (Å²) in [5, 5.41) is 12.2. The van der Waals surface area contributed by atoms with Crippen LogP contribution in [0.3, 0.4) is 0 Å². The van der Waals surface area contributed by atoms with Crippen LogP contribution in [0, 0.1) is 17.0 Å². The van der Waals surface area contributed by atoms with Crippen molar-refractivity contribution in [3.63, 3.8) is 0 Å². The Balaban J connectivity index is 1.37. The van der Waals surface area contributed by atoms with E-state index < -0.39 is 27.2 Å². The Labute approximate surface area is 228 Å². The van der Waals surface area contributed by atoms with E-state index in [2.05, 4.69) is 20.3 Å². The standard InChI is InChI=1S/C24H27F2N7O4S2/c1-24(3-4-24)15-37-21-20(13-28-33(22(21)34)19-10-16(25)9-17(26)11-19)31-5-7-32(8-6-31)39(35,36)14-18-12-27-30-23(29-18)38-2/h9-13H,3-8,14-15H2,1-2H3. The zero-order chi connectivity index (χ0) is 27.8. The van der Waals surface area contributed by atoms with Crippen LogP contribution >= 0.6 is 11.8 Å². The van der Waals surface area contributed by atoms with Gasteiger partial charge in [0.2, 0.25) is 20.9 Å². The van der Waals surface area contributed by atoms with Gasteiger partial charge >= 0.3 is 5.56 Å². The van der Waals surface area contributed by atoms with Crippen molar-refractivity contribution in [2.45, 2.75) is 30.7 Å². The molecule has 0 amide bonds. The summed E-state index contributed by atoms with van der Waals surface area (Å²) < 4.78 is 62.1. The van der Waals surface area contributed by atoms with Crippen LogP contribution in [0.25, 0.3) is 5.69 Å². The van der Waals surface area contributed by atoms with E-state index >= 15 is 0 Å². The van der Waals surface area contributed by atoms with Gasteiger partial charge in [-0.25, -0.2) is 22.2 Å². The molecule has 1 saturated carbocycles. The second-order valence-electron chi connectivity index (χ2n) is 9.88. The molecular formula is C24H27F2N7O4S2. The molecule has 0 unspecified atom stereocenters. The largest absolute Gasteiger partial charge is 0.486 e. The topological polar surface area (TPSA) is 123 Å². The molecule has 15 heteroatoms. The van der Waals surface area contributed by atoms with E-state index in [-0.39, 0.29) is 48.8 Å². The van der Waals surface area contributed by atoms with Gasteiger partial charge in [0.25, 0.3) is 0 Å². The number of piperazine rings is 1. The Morgan fingerprint density at radius 2 is 1.77 bits per heavy atom. The van der Waals surface area contributed by atoms with Crippen molar-refractivity contribution in [1.29, 1.82) is 0 Å². The summed E-state index contributed by atoms with van der Waals surface area (Å²) >= 11 is 1.27. The van der Waals surface area contributed by atoms with Crippen LogP contribution < -0.4 is 15.2 Å². The first kappa shape index (κ1) is 27.4. The zero-order valence-corrected chi connectivity index (χ0v) is 23.0. The molecule has 3 aromatic rings. The van der Waals surface area contributed by atoms with Gasteiger partial charge in [0.1, 0.15) is 23.1 Å². The van der Waals surface area contributed by atoms with Crippen molar-refractivity contribution in [3.05, 3.63) is 58.3 Å². The first-order valence-electron chi connectivity index (χ1n) is 12.2. The Bertz CT molecular complexity index is 1520. The first-order chi connectivity index (χ1) is 18.6. The van der Waals surface area contributed by atoms with Crippen molar-refractivity contribution >= 4 is 27.5 Å². The lowest BCUT2D eigenvalue weighted by atomic mass is 10.2. The molecule has 1 aliphatic carbocycles. The Morgan fingerprint density at radius 1 is 1.08 bits per heavy atom. The van der Waals surface area contributed by atoms with Gasteiger partial charge in [-0.2, -0.15) is 19.2 Å².